The molecule has 1 aromatic heterocycles. The third kappa shape index (κ3) is 2.61. The molecule has 0 fully saturated rings. The number of hydrogen-bond acceptors (Lipinski definition) is 4. The number of benzene rings is 1. The van der Waals surface area contributed by atoms with E-state index in [9.17, 15) is 4.21 Å². The molecule has 1 atom stereocenters. The Hall–Kier alpha value is -0.910. The number of aromatic nitrogens is 1. The molecule has 0 amide bonds. The monoisotopic (exact) mass is 272 g/mol. The van der Waals surface area contributed by atoms with E-state index >= 15 is 0 Å². The van der Waals surface area contributed by atoms with Gasteiger partial charge in [0.2, 0.25) is 0 Å². The number of nitrogens with two attached hydrogens (primary N) is 1. The van der Waals surface area contributed by atoms with Gasteiger partial charge in [0.1, 0.15) is 0 Å². The summed E-state index contributed by atoms with van der Waals surface area (Å²) in [7, 11) is -1.10. The van der Waals surface area contributed by atoms with Gasteiger partial charge < -0.3 is 5.73 Å². The van der Waals surface area contributed by atoms with E-state index in [0.717, 1.165) is 4.88 Å². The number of hydrogen-bond donors (Lipinski definition) is 1. The van der Waals surface area contributed by atoms with Crippen LogP contribution in [0.2, 0.25) is 5.02 Å². The van der Waals surface area contributed by atoms with Crippen LogP contribution in [-0.4, -0.2) is 9.19 Å². The minimum absolute atomic E-state index is 0.440. The summed E-state index contributed by atoms with van der Waals surface area (Å²) in [4.78, 5) is 5.62. The molecule has 2 rings (SSSR count). The van der Waals surface area contributed by atoms with Crippen LogP contribution in [-0.2, 0) is 16.6 Å². The van der Waals surface area contributed by atoms with Gasteiger partial charge in [0.15, 0.2) is 0 Å². The average Bonchev–Trinajstić information content (AvgIpc) is 2.74. The second-order valence-electron chi connectivity index (χ2n) is 3.14. The zero-order chi connectivity index (χ0) is 11.5. The van der Waals surface area contributed by atoms with Crippen LogP contribution >= 0.6 is 22.9 Å². The predicted octanol–water partition coefficient (Wildman–Crippen LogP) is 2.69. The second-order valence-corrected chi connectivity index (χ2v) is 5.97. The van der Waals surface area contributed by atoms with Gasteiger partial charge in [0.05, 0.1) is 32.8 Å². The maximum atomic E-state index is 12.0. The Morgan fingerprint density at radius 1 is 1.50 bits per heavy atom. The molecular formula is C10H9ClN2OS2. The minimum atomic E-state index is -1.10. The minimum Gasteiger partial charge on any atom is -0.398 e. The smallest absolute Gasteiger partial charge is 0.0794 e. The normalized spacial score (nSPS) is 12.6. The Morgan fingerprint density at radius 2 is 2.31 bits per heavy atom. The van der Waals surface area contributed by atoms with Crippen molar-refractivity contribution in [2.75, 3.05) is 5.73 Å². The van der Waals surface area contributed by atoms with Gasteiger partial charge in [-0.25, -0.2) is 0 Å². The van der Waals surface area contributed by atoms with Crippen molar-refractivity contribution in [1.82, 2.24) is 4.98 Å². The van der Waals surface area contributed by atoms with E-state index in [4.69, 9.17) is 17.3 Å². The van der Waals surface area contributed by atoms with E-state index in [2.05, 4.69) is 4.98 Å². The Morgan fingerprint density at radius 3 is 2.94 bits per heavy atom. The number of halogens is 1. The first-order valence-electron chi connectivity index (χ1n) is 4.47. The molecule has 0 aliphatic heterocycles. The lowest BCUT2D eigenvalue weighted by molar-refractivity contribution is 0.683. The molecule has 84 valence electrons. The van der Waals surface area contributed by atoms with Gasteiger partial charge in [0.25, 0.3) is 0 Å². The Balaban J connectivity index is 2.18. The highest BCUT2D eigenvalue weighted by Gasteiger charge is 2.08. The van der Waals surface area contributed by atoms with Crippen molar-refractivity contribution in [2.45, 2.75) is 10.6 Å². The molecule has 1 unspecified atom stereocenters. The quantitative estimate of drug-likeness (QED) is 0.874. The Labute approximate surface area is 105 Å². The van der Waals surface area contributed by atoms with E-state index in [1.54, 1.807) is 29.9 Å². The number of nitrogen functional groups attached to an aromatic ring is 1. The van der Waals surface area contributed by atoms with Crippen molar-refractivity contribution in [1.29, 1.82) is 0 Å². The van der Waals surface area contributed by atoms with Crippen LogP contribution in [0.5, 0.6) is 0 Å². The molecule has 6 heteroatoms. The average molecular weight is 273 g/mol. The first-order valence-corrected chi connectivity index (χ1v) is 7.05. The molecule has 0 bridgehead atoms. The highest BCUT2D eigenvalue weighted by Crippen LogP contribution is 2.23. The van der Waals surface area contributed by atoms with Crippen LogP contribution in [0, 0.1) is 0 Å². The molecule has 3 nitrogen and oxygen atoms in total. The van der Waals surface area contributed by atoms with Gasteiger partial charge in [0, 0.05) is 16.0 Å². The molecule has 1 aromatic carbocycles. The molecule has 0 aliphatic rings. The van der Waals surface area contributed by atoms with Gasteiger partial charge in [-0.15, -0.1) is 11.3 Å². The van der Waals surface area contributed by atoms with Crippen LogP contribution < -0.4 is 5.73 Å². The van der Waals surface area contributed by atoms with Crippen molar-refractivity contribution in [3.63, 3.8) is 0 Å². The molecule has 1 heterocycles. The van der Waals surface area contributed by atoms with Crippen LogP contribution in [0.3, 0.4) is 0 Å². The highest BCUT2D eigenvalue weighted by molar-refractivity contribution is 7.84. The topological polar surface area (TPSA) is 56.0 Å². The van der Waals surface area contributed by atoms with Crippen molar-refractivity contribution < 1.29 is 4.21 Å². The van der Waals surface area contributed by atoms with Crippen LogP contribution in [0.4, 0.5) is 5.69 Å². The summed E-state index contributed by atoms with van der Waals surface area (Å²) >= 11 is 7.36. The van der Waals surface area contributed by atoms with E-state index < -0.39 is 10.8 Å². The van der Waals surface area contributed by atoms with Crippen molar-refractivity contribution in [3.05, 3.63) is 39.8 Å². The zero-order valence-corrected chi connectivity index (χ0v) is 10.6. The summed E-state index contributed by atoms with van der Waals surface area (Å²) in [6.07, 6.45) is 1.72. The van der Waals surface area contributed by atoms with Gasteiger partial charge in [-0.3, -0.25) is 9.19 Å². The molecular weight excluding hydrogens is 264 g/mol. The lowest BCUT2D eigenvalue weighted by Crippen LogP contribution is -1.96. The number of thiazole rings is 1. The van der Waals surface area contributed by atoms with Crippen molar-refractivity contribution in [3.8, 4) is 0 Å². The fourth-order valence-corrected chi connectivity index (χ4v) is 3.36. The summed E-state index contributed by atoms with van der Waals surface area (Å²) in [5.74, 6) is 0.463. The molecule has 2 aromatic rings. The molecule has 0 spiro atoms. The first kappa shape index (κ1) is 11.6. The fourth-order valence-electron chi connectivity index (χ4n) is 1.18. The van der Waals surface area contributed by atoms with E-state index in [1.807, 2.05) is 0 Å². The zero-order valence-electron chi connectivity index (χ0n) is 8.22. The van der Waals surface area contributed by atoms with Crippen LogP contribution in [0.1, 0.15) is 4.88 Å². The maximum absolute atomic E-state index is 12.0. The molecule has 0 aliphatic carbocycles. The maximum Gasteiger partial charge on any atom is 0.0794 e. The molecule has 2 N–H and O–H groups in total. The Kier molecular flexibility index (Phi) is 3.58. The summed E-state index contributed by atoms with van der Waals surface area (Å²) < 4.78 is 12.0. The standard InChI is InChI=1S/C10H9ClN2OS2/c11-9-3-8(1-2-10(9)12)16(14)5-7-4-13-6-15-7/h1-4,6H,5,12H2. The van der Waals surface area contributed by atoms with Crippen LogP contribution in [0.15, 0.2) is 34.8 Å². The SMILES string of the molecule is Nc1ccc(S(=O)Cc2cncs2)cc1Cl. The lowest BCUT2D eigenvalue weighted by Gasteiger charge is -2.03. The van der Waals surface area contributed by atoms with E-state index in [1.165, 1.54) is 11.3 Å². The summed E-state index contributed by atoms with van der Waals surface area (Å²) in [6, 6.07) is 5.05. The lowest BCUT2D eigenvalue weighted by atomic mass is 10.3. The fraction of sp³-hybridized carbons (Fsp3) is 0.100. The third-order valence-corrected chi connectivity index (χ3v) is 4.63. The Bertz CT molecular complexity index is 514. The van der Waals surface area contributed by atoms with Gasteiger partial charge in [-0.05, 0) is 18.2 Å². The third-order valence-electron chi connectivity index (χ3n) is 1.99. The largest absolute Gasteiger partial charge is 0.398 e. The number of rotatable bonds is 3. The van der Waals surface area contributed by atoms with Gasteiger partial charge >= 0.3 is 0 Å². The van der Waals surface area contributed by atoms with E-state index in [-0.39, 0.29) is 0 Å². The molecule has 0 radical (unpaired) electrons. The number of anilines is 1. The first-order chi connectivity index (χ1) is 7.66. The van der Waals surface area contributed by atoms with Gasteiger partial charge in [-0.1, -0.05) is 11.6 Å². The number of nitrogens with zero attached hydrogens (tertiary/aromatic N) is 1. The summed E-state index contributed by atoms with van der Waals surface area (Å²) in [5, 5.41) is 0.440. The van der Waals surface area contributed by atoms with E-state index in [0.29, 0.717) is 21.4 Å². The second kappa shape index (κ2) is 4.95. The van der Waals surface area contributed by atoms with Crippen molar-refractivity contribution in [2.24, 2.45) is 0 Å². The summed E-state index contributed by atoms with van der Waals surface area (Å²) in [6.45, 7) is 0. The summed E-state index contributed by atoms with van der Waals surface area (Å²) in [5.41, 5.74) is 7.81. The predicted molar refractivity (Wildman–Crippen MR) is 68.1 cm³/mol. The molecule has 16 heavy (non-hydrogen) atoms. The molecule has 0 saturated carbocycles. The van der Waals surface area contributed by atoms with Gasteiger partial charge in [-0.2, -0.15) is 0 Å². The van der Waals surface area contributed by atoms with Crippen molar-refractivity contribution >= 4 is 39.4 Å². The highest BCUT2D eigenvalue weighted by atomic mass is 35.5. The molecule has 0 saturated heterocycles. The van der Waals surface area contributed by atoms with Crippen LogP contribution in [0.25, 0.3) is 0 Å².